The Morgan fingerprint density at radius 1 is 1.16 bits per heavy atom. The van der Waals surface area contributed by atoms with Crippen LogP contribution in [-0.4, -0.2) is 34.5 Å². The fraction of sp³-hybridized carbons (Fsp3) is 0.867. The minimum atomic E-state index is -0.702. The van der Waals surface area contributed by atoms with Crippen molar-refractivity contribution in [2.75, 3.05) is 6.54 Å². The maximum Gasteiger partial charge on any atom is 0.306 e. The molecule has 0 radical (unpaired) electrons. The minimum Gasteiger partial charge on any atom is -0.481 e. The summed E-state index contributed by atoms with van der Waals surface area (Å²) in [4.78, 5) is 25.6. The van der Waals surface area contributed by atoms with E-state index in [0.29, 0.717) is 24.8 Å². The Hall–Kier alpha value is -1.06. The molecule has 108 valence electrons. The first-order valence-electron chi connectivity index (χ1n) is 7.56. The lowest BCUT2D eigenvalue weighted by Crippen LogP contribution is -2.41. The third-order valence-corrected chi connectivity index (χ3v) is 4.80. The number of carbonyl (C=O) groups is 2. The van der Waals surface area contributed by atoms with Crippen molar-refractivity contribution in [2.24, 2.45) is 17.8 Å². The van der Waals surface area contributed by atoms with Crippen LogP contribution in [0.25, 0.3) is 0 Å². The molecule has 0 aromatic rings. The summed E-state index contributed by atoms with van der Waals surface area (Å²) in [6, 6.07) is 0.402. The SMILES string of the molecule is CCC1CC(C)CN1C(=O)C1CCC(C(=O)O)CC1. The number of hydrogen-bond donors (Lipinski definition) is 1. The van der Waals surface area contributed by atoms with Gasteiger partial charge in [-0.3, -0.25) is 9.59 Å². The Balaban J connectivity index is 1.92. The number of carboxylic acids is 1. The normalized spacial score (nSPS) is 35.4. The van der Waals surface area contributed by atoms with E-state index < -0.39 is 5.97 Å². The van der Waals surface area contributed by atoms with Gasteiger partial charge in [-0.05, 0) is 44.4 Å². The molecule has 4 heteroatoms. The van der Waals surface area contributed by atoms with Gasteiger partial charge in [0.05, 0.1) is 5.92 Å². The van der Waals surface area contributed by atoms with Gasteiger partial charge < -0.3 is 10.0 Å². The van der Waals surface area contributed by atoms with Crippen LogP contribution in [0.15, 0.2) is 0 Å². The van der Waals surface area contributed by atoms with Gasteiger partial charge in [0.1, 0.15) is 0 Å². The second kappa shape index (κ2) is 5.93. The first-order chi connectivity index (χ1) is 9.02. The van der Waals surface area contributed by atoms with Gasteiger partial charge in [0, 0.05) is 18.5 Å². The fourth-order valence-corrected chi connectivity index (χ4v) is 3.63. The van der Waals surface area contributed by atoms with E-state index in [1.54, 1.807) is 0 Å². The molecule has 1 N–H and O–H groups in total. The maximum absolute atomic E-state index is 12.6. The number of carboxylic acid groups (broad SMARTS) is 1. The van der Waals surface area contributed by atoms with Gasteiger partial charge in [-0.1, -0.05) is 13.8 Å². The number of carbonyl (C=O) groups excluding carboxylic acids is 1. The molecule has 1 aliphatic carbocycles. The molecule has 1 heterocycles. The Morgan fingerprint density at radius 3 is 2.26 bits per heavy atom. The zero-order valence-electron chi connectivity index (χ0n) is 12.0. The molecule has 0 spiro atoms. The van der Waals surface area contributed by atoms with Crippen molar-refractivity contribution >= 4 is 11.9 Å². The summed E-state index contributed by atoms with van der Waals surface area (Å²) < 4.78 is 0. The molecule has 19 heavy (non-hydrogen) atoms. The Kier molecular flexibility index (Phi) is 4.48. The molecule has 1 saturated carbocycles. The number of amides is 1. The second-order valence-electron chi connectivity index (χ2n) is 6.28. The fourth-order valence-electron chi connectivity index (χ4n) is 3.63. The molecule has 0 aromatic heterocycles. The van der Waals surface area contributed by atoms with E-state index in [4.69, 9.17) is 5.11 Å². The average molecular weight is 267 g/mol. The van der Waals surface area contributed by atoms with Gasteiger partial charge in [-0.15, -0.1) is 0 Å². The summed E-state index contributed by atoms with van der Waals surface area (Å²) in [7, 11) is 0. The van der Waals surface area contributed by atoms with Crippen LogP contribution in [0.5, 0.6) is 0 Å². The van der Waals surface area contributed by atoms with Crippen molar-refractivity contribution in [3.05, 3.63) is 0 Å². The van der Waals surface area contributed by atoms with Crippen LogP contribution in [0.2, 0.25) is 0 Å². The molecule has 0 bridgehead atoms. The Morgan fingerprint density at radius 2 is 1.74 bits per heavy atom. The summed E-state index contributed by atoms with van der Waals surface area (Å²) in [5, 5.41) is 8.99. The highest BCUT2D eigenvalue weighted by atomic mass is 16.4. The zero-order valence-corrected chi connectivity index (χ0v) is 12.0. The van der Waals surface area contributed by atoms with E-state index in [0.717, 1.165) is 32.2 Å². The predicted molar refractivity (Wildman–Crippen MR) is 72.7 cm³/mol. The van der Waals surface area contributed by atoms with Crippen molar-refractivity contribution in [1.82, 2.24) is 4.90 Å². The van der Waals surface area contributed by atoms with Crippen LogP contribution in [0.1, 0.15) is 52.4 Å². The van der Waals surface area contributed by atoms with Crippen molar-refractivity contribution in [1.29, 1.82) is 0 Å². The third kappa shape index (κ3) is 3.10. The van der Waals surface area contributed by atoms with E-state index >= 15 is 0 Å². The second-order valence-corrected chi connectivity index (χ2v) is 6.28. The molecule has 2 aliphatic rings. The monoisotopic (exact) mass is 267 g/mol. The molecule has 2 fully saturated rings. The van der Waals surface area contributed by atoms with Crippen LogP contribution in [0.3, 0.4) is 0 Å². The van der Waals surface area contributed by atoms with E-state index in [9.17, 15) is 9.59 Å². The third-order valence-electron chi connectivity index (χ3n) is 4.80. The molecule has 1 saturated heterocycles. The topological polar surface area (TPSA) is 57.6 Å². The lowest BCUT2D eigenvalue weighted by atomic mass is 9.81. The van der Waals surface area contributed by atoms with Crippen molar-refractivity contribution in [3.8, 4) is 0 Å². The van der Waals surface area contributed by atoms with Gasteiger partial charge in [0.25, 0.3) is 0 Å². The average Bonchev–Trinajstić information content (AvgIpc) is 2.79. The van der Waals surface area contributed by atoms with Crippen LogP contribution in [-0.2, 0) is 9.59 Å². The molecule has 2 unspecified atom stereocenters. The van der Waals surface area contributed by atoms with Crippen LogP contribution >= 0.6 is 0 Å². The molecule has 4 nitrogen and oxygen atoms in total. The predicted octanol–water partition coefficient (Wildman–Crippen LogP) is 2.52. The minimum absolute atomic E-state index is 0.0648. The summed E-state index contributed by atoms with van der Waals surface area (Å²) >= 11 is 0. The molecule has 2 rings (SSSR count). The Labute approximate surface area is 115 Å². The standard InChI is InChI=1S/C15H25NO3/c1-3-13-8-10(2)9-16(13)14(17)11-4-6-12(7-5-11)15(18)19/h10-13H,3-9H2,1-2H3,(H,18,19). The van der Waals surface area contributed by atoms with E-state index in [1.165, 1.54) is 0 Å². The molecule has 1 aliphatic heterocycles. The van der Waals surface area contributed by atoms with Crippen LogP contribution < -0.4 is 0 Å². The summed E-state index contributed by atoms with van der Waals surface area (Å²) in [5.41, 5.74) is 0. The zero-order chi connectivity index (χ0) is 14.0. The van der Waals surface area contributed by atoms with Gasteiger partial charge in [-0.2, -0.15) is 0 Å². The van der Waals surface area contributed by atoms with E-state index in [-0.39, 0.29) is 17.7 Å². The number of nitrogens with zero attached hydrogens (tertiary/aromatic N) is 1. The molecular formula is C15H25NO3. The lowest BCUT2D eigenvalue weighted by molar-refractivity contribution is -0.146. The van der Waals surface area contributed by atoms with E-state index in [2.05, 4.69) is 18.7 Å². The van der Waals surface area contributed by atoms with Crippen LogP contribution in [0.4, 0.5) is 0 Å². The van der Waals surface area contributed by atoms with Crippen molar-refractivity contribution in [3.63, 3.8) is 0 Å². The highest BCUT2D eigenvalue weighted by Gasteiger charge is 2.37. The quantitative estimate of drug-likeness (QED) is 0.854. The van der Waals surface area contributed by atoms with Crippen molar-refractivity contribution in [2.45, 2.75) is 58.4 Å². The van der Waals surface area contributed by atoms with E-state index in [1.807, 2.05) is 0 Å². The highest BCUT2D eigenvalue weighted by Crippen LogP contribution is 2.33. The van der Waals surface area contributed by atoms with Gasteiger partial charge >= 0.3 is 5.97 Å². The van der Waals surface area contributed by atoms with Gasteiger partial charge in [-0.25, -0.2) is 0 Å². The Bertz CT molecular complexity index is 347. The number of aliphatic carboxylic acids is 1. The highest BCUT2D eigenvalue weighted by molar-refractivity contribution is 5.80. The summed E-state index contributed by atoms with van der Waals surface area (Å²) in [6.45, 7) is 5.23. The maximum atomic E-state index is 12.6. The summed E-state index contributed by atoms with van der Waals surface area (Å²) in [5.74, 6) is 0.00917. The lowest BCUT2D eigenvalue weighted by Gasteiger charge is -2.31. The van der Waals surface area contributed by atoms with Gasteiger partial charge in [0.2, 0.25) is 5.91 Å². The number of rotatable bonds is 3. The van der Waals surface area contributed by atoms with Crippen molar-refractivity contribution < 1.29 is 14.7 Å². The number of hydrogen-bond acceptors (Lipinski definition) is 2. The number of likely N-dealkylation sites (tertiary alicyclic amines) is 1. The molecule has 0 aromatic carbocycles. The molecular weight excluding hydrogens is 242 g/mol. The van der Waals surface area contributed by atoms with Crippen LogP contribution in [0, 0.1) is 17.8 Å². The van der Waals surface area contributed by atoms with Gasteiger partial charge in [0.15, 0.2) is 0 Å². The summed E-state index contributed by atoms with van der Waals surface area (Å²) in [6.07, 6.45) is 4.96. The molecule has 1 amide bonds. The first kappa shape index (κ1) is 14.4. The molecule has 2 atom stereocenters. The first-order valence-corrected chi connectivity index (χ1v) is 7.56. The largest absolute Gasteiger partial charge is 0.481 e. The smallest absolute Gasteiger partial charge is 0.306 e.